The van der Waals surface area contributed by atoms with Gasteiger partial charge in [0, 0.05) is 25.4 Å². The number of hydrazone groups is 1. The number of rotatable bonds is 3. The minimum atomic E-state index is -0.345. The van der Waals surface area contributed by atoms with E-state index in [0.717, 1.165) is 11.3 Å². The highest BCUT2D eigenvalue weighted by Gasteiger charge is 2.26. The molecule has 0 unspecified atom stereocenters. The first-order valence-corrected chi connectivity index (χ1v) is 7.06. The quantitative estimate of drug-likeness (QED) is 0.947. The van der Waals surface area contributed by atoms with Gasteiger partial charge in [0.25, 0.3) is 5.91 Å². The Balaban J connectivity index is 1.75. The van der Waals surface area contributed by atoms with Crippen LogP contribution in [0.15, 0.2) is 54.3 Å². The zero-order valence-corrected chi connectivity index (χ0v) is 12.6. The summed E-state index contributed by atoms with van der Waals surface area (Å²) < 4.78 is 12.9. The first kappa shape index (κ1) is 14.9. The molecule has 0 saturated carbocycles. The zero-order valence-electron chi connectivity index (χ0n) is 12.6. The van der Waals surface area contributed by atoms with Crippen molar-refractivity contribution in [3.8, 4) is 0 Å². The van der Waals surface area contributed by atoms with Crippen LogP contribution in [0.5, 0.6) is 0 Å². The SMILES string of the molecule is C=C1C(C(=O)NCc2ccc(F)cc2)=NN(C)c2cccnc21. The van der Waals surface area contributed by atoms with E-state index in [-0.39, 0.29) is 24.0 Å². The van der Waals surface area contributed by atoms with Crippen molar-refractivity contribution in [3.63, 3.8) is 0 Å². The molecule has 1 aromatic heterocycles. The third kappa shape index (κ3) is 2.96. The second kappa shape index (κ2) is 6.00. The fraction of sp³-hybridized carbons (Fsp3) is 0.118. The van der Waals surface area contributed by atoms with Crippen molar-refractivity contribution in [2.24, 2.45) is 5.10 Å². The predicted octanol–water partition coefficient (Wildman–Crippen LogP) is 2.36. The molecule has 0 saturated heterocycles. The van der Waals surface area contributed by atoms with Crippen LogP contribution in [0.3, 0.4) is 0 Å². The average Bonchev–Trinajstić information content (AvgIpc) is 2.57. The van der Waals surface area contributed by atoms with E-state index < -0.39 is 0 Å². The number of benzene rings is 1. The number of hydrogen-bond donors (Lipinski definition) is 1. The topological polar surface area (TPSA) is 57.6 Å². The summed E-state index contributed by atoms with van der Waals surface area (Å²) in [5.74, 6) is -0.656. The van der Waals surface area contributed by atoms with Gasteiger partial charge in [-0.1, -0.05) is 18.7 Å². The number of nitrogens with one attached hydrogen (secondary N) is 1. The van der Waals surface area contributed by atoms with Gasteiger partial charge in [0.05, 0.1) is 11.4 Å². The molecule has 5 nitrogen and oxygen atoms in total. The molecule has 0 atom stereocenters. The van der Waals surface area contributed by atoms with Crippen LogP contribution in [-0.2, 0) is 11.3 Å². The molecule has 1 aliphatic heterocycles. The molecule has 1 amide bonds. The van der Waals surface area contributed by atoms with Gasteiger partial charge in [-0.3, -0.25) is 14.8 Å². The lowest BCUT2D eigenvalue weighted by atomic mass is 10.0. The number of anilines is 1. The number of carbonyl (C=O) groups excluding carboxylic acids is 1. The van der Waals surface area contributed by atoms with E-state index in [9.17, 15) is 9.18 Å². The second-order valence-corrected chi connectivity index (χ2v) is 5.13. The fourth-order valence-corrected chi connectivity index (χ4v) is 2.32. The van der Waals surface area contributed by atoms with Crippen LogP contribution in [0.1, 0.15) is 11.3 Å². The first-order chi connectivity index (χ1) is 11.1. The van der Waals surface area contributed by atoms with Crippen LogP contribution in [0.4, 0.5) is 10.1 Å². The minimum absolute atomic E-state index is 0.223. The molecule has 0 radical (unpaired) electrons. The molecule has 0 fully saturated rings. The van der Waals surface area contributed by atoms with Crippen LogP contribution in [-0.4, -0.2) is 23.7 Å². The number of pyridine rings is 1. The van der Waals surface area contributed by atoms with Crippen LogP contribution in [0.2, 0.25) is 0 Å². The van der Waals surface area contributed by atoms with Gasteiger partial charge in [0.2, 0.25) is 0 Å². The predicted molar refractivity (Wildman–Crippen MR) is 87.4 cm³/mol. The molecule has 0 spiro atoms. The number of hydrogen-bond acceptors (Lipinski definition) is 4. The van der Waals surface area contributed by atoms with E-state index in [2.05, 4.69) is 22.0 Å². The largest absolute Gasteiger partial charge is 0.347 e. The van der Waals surface area contributed by atoms with Crippen LogP contribution in [0, 0.1) is 5.82 Å². The lowest BCUT2D eigenvalue weighted by Crippen LogP contribution is -2.35. The molecule has 0 bridgehead atoms. The lowest BCUT2D eigenvalue weighted by molar-refractivity contribution is -0.114. The number of aromatic nitrogens is 1. The summed E-state index contributed by atoms with van der Waals surface area (Å²) in [6.45, 7) is 4.21. The van der Waals surface area contributed by atoms with Crippen molar-refractivity contribution in [2.75, 3.05) is 12.1 Å². The molecule has 23 heavy (non-hydrogen) atoms. The Bertz CT molecular complexity index is 798. The summed E-state index contributed by atoms with van der Waals surface area (Å²) in [7, 11) is 1.75. The molecule has 2 heterocycles. The Labute approximate surface area is 133 Å². The summed E-state index contributed by atoms with van der Waals surface area (Å²) in [4.78, 5) is 16.6. The van der Waals surface area contributed by atoms with Crippen molar-refractivity contribution < 1.29 is 9.18 Å². The van der Waals surface area contributed by atoms with E-state index in [0.29, 0.717) is 11.3 Å². The van der Waals surface area contributed by atoms with E-state index in [4.69, 9.17) is 0 Å². The van der Waals surface area contributed by atoms with Gasteiger partial charge >= 0.3 is 0 Å². The number of carbonyl (C=O) groups is 1. The minimum Gasteiger partial charge on any atom is -0.347 e. The molecule has 1 aliphatic rings. The van der Waals surface area contributed by atoms with Crippen molar-refractivity contribution in [1.82, 2.24) is 10.3 Å². The third-order valence-corrected chi connectivity index (χ3v) is 3.54. The molecule has 1 N–H and O–H groups in total. The average molecular weight is 310 g/mol. The van der Waals surface area contributed by atoms with E-state index in [1.54, 1.807) is 36.5 Å². The van der Waals surface area contributed by atoms with Crippen LogP contribution in [0.25, 0.3) is 5.57 Å². The van der Waals surface area contributed by atoms with Gasteiger partial charge in [-0.25, -0.2) is 4.39 Å². The van der Waals surface area contributed by atoms with Crippen molar-refractivity contribution in [3.05, 3.63) is 66.2 Å². The van der Waals surface area contributed by atoms with Crippen molar-refractivity contribution in [2.45, 2.75) is 6.54 Å². The number of nitrogens with zero attached hydrogens (tertiary/aromatic N) is 3. The molecule has 2 aromatic rings. The van der Waals surface area contributed by atoms with E-state index in [1.807, 2.05) is 6.07 Å². The lowest BCUT2D eigenvalue weighted by Gasteiger charge is -2.24. The summed E-state index contributed by atoms with van der Waals surface area (Å²) in [6, 6.07) is 9.62. The molecular formula is C17H15FN4O. The monoisotopic (exact) mass is 310 g/mol. The highest BCUT2D eigenvalue weighted by atomic mass is 19.1. The molecule has 1 aromatic carbocycles. The number of fused-ring (bicyclic) bond motifs is 1. The van der Waals surface area contributed by atoms with Gasteiger partial charge in [-0.05, 0) is 29.8 Å². The van der Waals surface area contributed by atoms with Gasteiger partial charge in [0.1, 0.15) is 5.82 Å². The fourth-order valence-electron chi connectivity index (χ4n) is 2.32. The second-order valence-electron chi connectivity index (χ2n) is 5.13. The first-order valence-electron chi connectivity index (χ1n) is 7.06. The molecule has 116 valence electrons. The maximum Gasteiger partial charge on any atom is 0.272 e. The normalized spacial score (nSPS) is 13.4. The van der Waals surface area contributed by atoms with Crippen LogP contribution >= 0.6 is 0 Å². The standard InChI is InChI=1S/C17H15FN4O/c1-11-15-14(4-3-9-19-15)22(2)21-16(11)17(23)20-10-12-5-7-13(18)8-6-12/h3-9H,1,10H2,2H3,(H,20,23). The third-order valence-electron chi connectivity index (χ3n) is 3.54. The van der Waals surface area contributed by atoms with Gasteiger partial charge < -0.3 is 5.32 Å². The van der Waals surface area contributed by atoms with Crippen molar-refractivity contribution >= 4 is 22.9 Å². The Morgan fingerprint density at radius 2 is 2.04 bits per heavy atom. The Morgan fingerprint density at radius 3 is 2.78 bits per heavy atom. The van der Waals surface area contributed by atoms with Gasteiger partial charge in [-0.2, -0.15) is 5.10 Å². The van der Waals surface area contributed by atoms with E-state index in [1.165, 1.54) is 12.1 Å². The molecular weight excluding hydrogens is 295 g/mol. The van der Waals surface area contributed by atoms with E-state index >= 15 is 0 Å². The highest BCUT2D eigenvalue weighted by Crippen LogP contribution is 2.29. The summed E-state index contributed by atoms with van der Waals surface area (Å²) >= 11 is 0. The Morgan fingerprint density at radius 1 is 1.30 bits per heavy atom. The van der Waals surface area contributed by atoms with Crippen LogP contribution < -0.4 is 10.3 Å². The Hall–Kier alpha value is -3.02. The van der Waals surface area contributed by atoms with Crippen molar-refractivity contribution in [1.29, 1.82) is 0 Å². The highest BCUT2D eigenvalue weighted by molar-refractivity contribution is 6.56. The smallest absolute Gasteiger partial charge is 0.272 e. The van der Waals surface area contributed by atoms with Gasteiger partial charge in [-0.15, -0.1) is 0 Å². The van der Waals surface area contributed by atoms with Gasteiger partial charge in [0.15, 0.2) is 5.71 Å². The maximum atomic E-state index is 12.9. The maximum absolute atomic E-state index is 12.9. The number of halogens is 1. The Kier molecular flexibility index (Phi) is 3.89. The molecule has 6 heteroatoms. The molecule has 0 aliphatic carbocycles. The zero-order chi connectivity index (χ0) is 16.4. The summed E-state index contributed by atoms with van der Waals surface area (Å²) in [6.07, 6.45) is 1.65. The molecule has 3 rings (SSSR count). The summed E-state index contributed by atoms with van der Waals surface area (Å²) in [5.41, 5.74) is 2.94. The number of amides is 1. The summed E-state index contributed by atoms with van der Waals surface area (Å²) in [5, 5.41) is 8.63.